The predicted octanol–water partition coefficient (Wildman–Crippen LogP) is 3.33. The fourth-order valence-electron chi connectivity index (χ4n) is 1.89. The van der Waals surface area contributed by atoms with Crippen molar-refractivity contribution in [1.82, 2.24) is 0 Å². The molecule has 2 N–H and O–H groups in total. The Hall–Kier alpha value is -0.730. The molecule has 0 aliphatic heterocycles. The molecule has 0 aliphatic rings. The lowest BCUT2D eigenvalue weighted by Crippen LogP contribution is -2.14. The topological polar surface area (TPSA) is 35.2 Å². The maximum absolute atomic E-state index is 6.04. The van der Waals surface area contributed by atoms with Crippen molar-refractivity contribution in [1.29, 1.82) is 0 Å². The fraction of sp³-hybridized carbons (Fsp3) is 0.538. The highest BCUT2D eigenvalue weighted by Crippen LogP contribution is 2.28. The quantitative estimate of drug-likeness (QED) is 0.858. The molecule has 1 aromatic rings. The second-order valence-corrected chi connectivity index (χ2v) is 4.72. The maximum atomic E-state index is 6.04. The summed E-state index contributed by atoms with van der Waals surface area (Å²) in [5.74, 6) is 0.953. The Morgan fingerprint density at radius 2 is 2.12 bits per heavy atom. The number of ether oxygens (including phenoxy) is 1. The van der Waals surface area contributed by atoms with Crippen LogP contribution in [0.2, 0.25) is 5.02 Å². The predicted molar refractivity (Wildman–Crippen MR) is 69.3 cm³/mol. The third-order valence-electron chi connectivity index (χ3n) is 2.63. The minimum Gasteiger partial charge on any atom is -0.496 e. The number of nitrogens with two attached hydrogens (primary N) is 1. The van der Waals surface area contributed by atoms with Crippen LogP contribution in [0.4, 0.5) is 0 Å². The summed E-state index contributed by atoms with van der Waals surface area (Å²) < 4.78 is 5.40. The number of hydrogen-bond acceptors (Lipinski definition) is 2. The second kappa shape index (κ2) is 6.12. The molecular formula is C13H20ClNO. The van der Waals surface area contributed by atoms with E-state index >= 15 is 0 Å². The molecule has 0 aromatic heterocycles. The van der Waals surface area contributed by atoms with E-state index in [0.717, 1.165) is 35.6 Å². The highest BCUT2D eigenvalue weighted by molar-refractivity contribution is 6.30. The number of hydrogen-bond donors (Lipinski definition) is 1. The van der Waals surface area contributed by atoms with Gasteiger partial charge in [0.2, 0.25) is 0 Å². The summed E-state index contributed by atoms with van der Waals surface area (Å²) >= 11 is 6.04. The van der Waals surface area contributed by atoms with E-state index in [4.69, 9.17) is 22.1 Å². The van der Waals surface area contributed by atoms with Crippen molar-refractivity contribution in [3.63, 3.8) is 0 Å². The SMILES string of the molecule is COc1c(C)cc(Cl)cc1CCCC(C)N. The maximum Gasteiger partial charge on any atom is 0.125 e. The minimum atomic E-state index is 0.256. The molecule has 0 aliphatic carbocycles. The van der Waals surface area contributed by atoms with Crippen LogP contribution >= 0.6 is 11.6 Å². The molecule has 0 bridgehead atoms. The summed E-state index contributed by atoms with van der Waals surface area (Å²) in [5, 5.41) is 0.772. The van der Waals surface area contributed by atoms with Gasteiger partial charge in [-0.2, -0.15) is 0 Å². The van der Waals surface area contributed by atoms with Gasteiger partial charge in [0.15, 0.2) is 0 Å². The Balaban J connectivity index is 2.77. The van der Waals surface area contributed by atoms with E-state index < -0.39 is 0 Å². The first-order valence-electron chi connectivity index (χ1n) is 5.63. The van der Waals surface area contributed by atoms with E-state index in [2.05, 4.69) is 0 Å². The highest BCUT2D eigenvalue weighted by Gasteiger charge is 2.08. The number of halogens is 1. The van der Waals surface area contributed by atoms with Crippen LogP contribution in [0.15, 0.2) is 12.1 Å². The van der Waals surface area contributed by atoms with Crippen LogP contribution in [-0.4, -0.2) is 13.2 Å². The first-order valence-corrected chi connectivity index (χ1v) is 6.01. The Labute approximate surface area is 103 Å². The zero-order valence-electron chi connectivity index (χ0n) is 10.2. The van der Waals surface area contributed by atoms with E-state index in [-0.39, 0.29) is 6.04 Å². The van der Waals surface area contributed by atoms with E-state index in [0.29, 0.717) is 0 Å². The Morgan fingerprint density at radius 1 is 1.44 bits per heavy atom. The molecule has 0 amide bonds. The lowest BCUT2D eigenvalue weighted by molar-refractivity contribution is 0.405. The molecule has 1 aromatic carbocycles. The zero-order valence-corrected chi connectivity index (χ0v) is 11.0. The highest BCUT2D eigenvalue weighted by atomic mass is 35.5. The van der Waals surface area contributed by atoms with Crippen LogP contribution in [0.5, 0.6) is 5.75 Å². The van der Waals surface area contributed by atoms with E-state index in [1.165, 1.54) is 5.56 Å². The number of rotatable bonds is 5. The van der Waals surface area contributed by atoms with Crippen LogP contribution in [0, 0.1) is 6.92 Å². The smallest absolute Gasteiger partial charge is 0.125 e. The minimum absolute atomic E-state index is 0.256. The third kappa shape index (κ3) is 3.69. The zero-order chi connectivity index (χ0) is 12.1. The molecular weight excluding hydrogens is 222 g/mol. The summed E-state index contributed by atoms with van der Waals surface area (Å²) in [4.78, 5) is 0. The van der Waals surface area contributed by atoms with Gasteiger partial charge in [-0.05, 0) is 56.4 Å². The van der Waals surface area contributed by atoms with Gasteiger partial charge >= 0.3 is 0 Å². The summed E-state index contributed by atoms with van der Waals surface area (Å²) in [6.45, 7) is 4.04. The van der Waals surface area contributed by atoms with Crippen LogP contribution in [0.3, 0.4) is 0 Å². The normalized spacial score (nSPS) is 12.6. The van der Waals surface area contributed by atoms with Crippen molar-refractivity contribution in [2.45, 2.75) is 39.2 Å². The van der Waals surface area contributed by atoms with Gasteiger partial charge in [0.25, 0.3) is 0 Å². The lowest BCUT2D eigenvalue weighted by atomic mass is 10.0. The molecule has 90 valence electrons. The number of aryl methyl sites for hydroxylation is 2. The molecule has 16 heavy (non-hydrogen) atoms. The molecule has 2 nitrogen and oxygen atoms in total. The number of methoxy groups -OCH3 is 1. The van der Waals surface area contributed by atoms with Crippen molar-refractivity contribution in [2.24, 2.45) is 5.73 Å². The molecule has 0 spiro atoms. The van der Waals surface area contributed by atoms with Gasteiger partial charge in [-0.3, -0.25) is 0 Å². The second-order valence-electron chi connectivity index (χ2n) is 4.28. The number of benzene rings is 1. The van der Waals surface area contributed by atoms with Gasteiger partial charge in [-0.1, -0.05) is 11.6 Å². The monoisotopic (exact) mass is 241 g/mol. The van der Waals surface area contributed by atoms with Gasteiger partial charge in [0.05, 0.1) is 7.11 Å². The van der Waals surface area contributed by atoms with Crippen molar-refractivity contribution in [2.75, 3.05) is 7.11 Å². The Bertz CT molecular complexity index is 350. The first-order chi connectivity index (χ1) is 7.54. The van der Waals surface area contributed by atoms with Gasteiger partial charge in [-0.15, -0.1) is 0 Å². The molecule has 1 unspecified atom stereocenters. The summed E-state index contributed by atoms with van der Waals surface area (Å²) in [5.41, 5.74) is 7.99. The first kappa shape index (κ1) is 13.3. The molecule has 1 rings (SSSR count). The molecule has 3 heteroatoms. The van der Waals surface area contributed by atoms with Crippen LogP contribution in [-0.2, 0) is 6.42 Å². The molecule has 0 saturated heterocycles. The van der Waals surface area contributed by atoms with Crippen molar-refractivity contribution < 1.29 is 4.74 Å². The largest absolute Gasteiger partial charge is 0.496 e. The molecule has 0 radical (unpaired) electrons. The van der Waals surface area contributed by atoms with E-state index in [9.17, 15) is 0 Å². The van der Waals surface area contributed by atoms with Crippen molar-refractivity contribution in [3.8, 4) is 5.75 Å². The summed E-state index contributed by atoms with van der Waals surface area (Å²) in [6.07, 6.45) is 3.05. The summed E-state index contributed by atoms with van der Waals surface area (Å²) in [6, 6.07) is 4.16. The van der Waals surface area contributed by atoms with Crippen molar-refractivity contribution >= 4 is 11.6 Å². The van der Waals surface area contributed by atoms with Gasteiger partial charge in [0, 0.05) is 11.1 Å². The fourth-order valence-corrected chi connectivity index (χ4v) is 2.19. The van der Waals surface area contributed by atoms with Gasteiger partial charge in [0.1, 0.15) is 5.75 Å². The van der Waals surface area contributed by atoms with E-state index in [1.807, 2.05) is 26.0 Å². The Kier molecular flexibility index (Phi) is 5.10. The lowest BCUT2D eigenvalue weighted by Gasteiger charge is -2.12. The molecule has 0 saturated carbocycles. The Morgan fingerprint density at radius 3 is 2.69 bits per heavy atom. The molecule has 1 atom stereocenters. The molecule has 0 fully saturated rings. The standard InChI is InChI=1S/C13H20ClNO/c1-9-7-12(14)8-11(13(9)16-3)6-4-5-10(2)15/h7-8,10H,4-6,15H2,1-3H3. The van der Waals surface area contributed by atoms with Gasteiger partial charge < -0.3 is 10.5 Å². The van der Waals surface area contributed by atoms with Crippen LogP contribution < -0.4 is 10.5 Å². The average molecular weight is 242 g/mol. The van der Waals surface area contributed by atoms with E-state index in [1.54, 1.807) is 7.11 Å². The summed E-state index contributed by atoms with van der Waals surface area (Å²) in [7, 11) is 1.70. The van der Waals surface area contributed by atoms with Gasteiger partial charge in [-0.25, -0.2) is 0 Å². The van der Waals surface area contributed by atoms with Crippen LogP contribution in [0.25, 0.3) is 0 Å². The third-order valence-corrected chi connectivity index (χ3v) is 2.84. The molecule has 0 heterocycles. The van der Waals surface area contributed by atoms with Crippen molar-refractivity contribution in [3.05, 3.63) is 28.3 Å². The average Bonchev–Trinajstić information content (AvgIpc) is 2.16. The van der Waals surface area contributed by atoms with Crippen LogP contribution in [0.1, 0.15) is 30.9 Å².